The Labute approximate surface area is 209 Å². The van der Waals surface area contributed by atoms with E-state index in [1.165, 1.54) is 0 Å². The first-order valence-electron chi connectivity index (χ1n) is 11.1. The van der Waals surface area contributed by atoms with Crippen LogP contribution in [0.25, 0.3) is 0 Å². The number of hydrogen-bond donors (Lipinski definition) is 6. The van der Waals surface area contributed by atoms with Crippen molar-refractivity contribution in [2.24, 2.45) is 0 Å². The predicted octanol–water partition coefficient (Wildman–Crippen LogP) is 1.71. The second-order valence-electron chi connectivity index (χ2n) is 8.52. The lowest BCUT2D eigenvalue weighted by molar-refractivity contribution is -0.138. The highest BCUT2D eigenvalue weighted by Crippen LogP contribution is 2.34. The van der Waals surface area contributed by atoms with Crippen LogP contribution in [0.15, 0.2) is 0 Å². The summed E-state index contributed by atoms with van der Waals surface area (Å²) in [6, 6.07) is 0.880. The van der Waals surface area contributed by atoms with Gasteiger partial charge in [-0.2, -0.15) is 37.0 Å². The van der Waals surface area contributed by atoms with Crippen molar-refractivity contribution in [3.05, 3.63) is 0 Å². The molecule has 0 spiro atoms. The maximum absolute atomic E-state index is 11.1. The normalized spacial score (nSPS) is 31.0. The third-order valence-corrected chi connectivity index (χ3v) is 9.15. The molecule has 4 aliphatic heterocycles. The molecule has 0 bridgehead atoms. The number of hydrogen-bond acceptors (Lipinski definition) is 6. The molecule has 4 aliphatic rings. The second-order valence-corrected chi connectivity index (χ2v) is 11.1. The van der Waals surface area contributed by atoms with Crippen LogP contribution >= 0.6 is 37.0 Å². The number of urea groups is 2. The highest BCUT2D eigenvalue weighted by molar-refractivity contribution is 8.00. The van der Waals surface area contributed by atoms with E-state index >= 15 is 0 Å². The number of carbonyl (C=O) groups is 4. The van der Waals surface area contributed by atoms with E-state index in [0.29, 0.717) is 10.5 Å². The summed E-state index contributed by atoms with van der Waals surface area (Å²) < 4.78 is 0. The van der Waals surface area contributed by atoms with Crippen LogP contribution in [0.5, 0.6) is 0 Å². The summed E-state index contributed by atoms with van der Waals surface area (Å²) in [6.07, 6.45) is 5.76. The zero-order valence-electron chi connectivity index (χ0n) is 18.4. The summed E-state index contributed by atoms with van der Waals surface area (Å²) >= 11 is 3.74. The van der Waals surface area contributed by atoms with Gasteiger partial charge in [-0.05, 0) is 25.7 Å². The number of rotatable bonds is 10. The van der Waals surface area contributed by atoms with Crippen LogP contribution in [-0.4, -0.2) is 80.4 Å². The number of amides is 4. The summed E-state index contributed by atoms with van der Waals surface area (Å²) in [5.41, 5.74) is 0. The van der Waals surface area contributed by atoms with Gasteiger partial charge in [0.1, 0.15) is 0 Å². The number of aliphatic carboxylic acids is 2. The molecule has 33 heavy (non-hydrogen) atoms. The Kier molecular flexibility index (Phi) is 11.3. The van der Waals surface area contributed by atoms with E-state index in [4.69, 9.17) is 10.2 Å². The molecular formula is C20H34N4O6S3. The van der Waals surface area contributed by atoms with Gasteiger partial charge in [0.15, 0.2) is 0 Å². The van der Waals surface area contributed by atoms with Crippen LogP contribution < -0.4 is 21.3 Å². The molecule has 4 heterocycles. The van der Waals surface area contributed by atoms with E-state index in [0.717, 1.165) is 50.0 Å². The number of unbranched alkanes of at least 4 members (excludes halogenated alkanes) is 2. The average Bonchev–Trinajstić information content (AvgIpc) is 3.45. The molecule has 0 aliphatic carbocycles. The first-order chi connectivity index (χ1) is 15.3. The van der Waals surface area contributed by atoms with Crippen LogP contribution in [0.4, 0.5) is 9.59 Å². The fourth-order valence-electron chi connectivity index (χ4n) is 4.53. The molecule has 4 amide bonds. The first kappa shape index (κ1) is 27.8. The van der Waals surface area contributed by atoms with Gasteiger partial charge in [-0.1, -0.05) is 12.8 Å². The van der Waals surface area contributed by atoms with Gasteiger partial charge in [0.05, 0.1) is 24.2 Å². The Balaban J connectivity index is 0.000000227. The van der Waals surface area contributed by atoms with Gasteiger partial charge >= 0.3 is 24.0 Å². The molecule has 188 valence electrons. The third-order valence-electron chi connectivity index (χ3n) is 6.13. The molecule has 4 saturated heterocycles. The number of carboxylic acid groups (broad SMARTS) is 2. The van der Waals surface area contributed by atoms with Crippen molar-refractivity contribution in [2.75, 3.05) is 11.5 Å². The molecule has 0 unspecified atom stereocenters. The van der Waals surface area contributed by atoms with Gasteiger partial charge in [0, 0.05) is 34.8 Å². The second kappa shape index (κ2) is 13.4. The summed E-state index contributed by atoms with van der Waals surface area (Å²) in [4.78, 5) is 42.9. The minimum Gasteiger partial charge on any atom is -0.481 e. The van der Waals surface area contributed by atoms with Gasteiger partial charge in [-0.25, -0.2) is 9.59 Å². The molecule has 4 rings (SSSR count). The lowest BCUT2D eigenvalue weighted by Crippen LogP contribution is -2.36. The molecule has 13 heteroatoms. The Morgan fingerprint density at radius 2 is 1.12 bits per heavy atom. The highest BCUT2D eigenvalue weighted by Gasteiger charge is 2.43. The van der Waals surface area contributed by atoms with Crippen LogP contribution in [0, 0.1) is 0 Å². The Morgan fingerprint density at radius 3 is 1.48 bits per heavy atom. The van der Waals surface area contributed by atoms with E-state index in [1.54, 1.807) is 0 Å². The molecule has 6 atom stereocenters. The smallest absolute Gasteiger partial charge is 0.315 e. The minimum absolute atomic E-state index is 0. The van der Waals surface area contributed by atoms with Crippen molar-refractivity contribution in [1.82, 2.24) is 21.3 Å². The zero-order chi connectivity index (χ0) is 23.1. The number of fused-ring (bicyclic) bond motifs is 2. The van der Waals surface area contributed by atoms with E-state index in [9.17, 15) is 19.2 Å². The van der Waals surface area contributed by atoms with Crippen molar-refractivity contribution in [1.29, 1.82) is 0 Å². The molecule has 4 fully saturated rings. The van der Waals surface area contributed by atoms with Crippen molar-refractivity contribution < 1.29 is 29.4 Å². The van der Waals surface area contributed by atoms with Crippen molar-refractivity contribution >= 4 is 61.0 Å². The largest absolute Gasteiger partial charge is 0.481 e. The van der Waals surface area contributed by atoms with Gasteiger partial charge in [-0.15, -0.1) is 0 Å². The predicted molar refractivity (Wildman–Crippen MR) is 134 cm³/mol. The Hall–Kier alpha value is -1.47. The van der Waals surface area contributed by atoms with Crippen molar-refractivity contribution in [3.63, 3.8) is 0 Å². The molecular weight excluding hydrogens is 488 g/mol. The monoisotopic (exact) mass is 522 g/mol. The molecule has 0 saturated carbocycles. The zero-order valence-corrected chi connectivity index (χ0v) is 21.0. The molecule has 0 aromatic heterocycles. The number of carbonyl (C=O) groups excluding carboxylic acids is 2. The molecule has 10 nitrogen and oxygen atoms in total. The van der Waals surface area contributed by atoms with Gasteiger partial charge < -0.3 is 31.5 Å². The average molecular weight is 523 g/mol. The van der Waals surface area contributed by atoms with Crippen LogP contribution in [0.3, 0.4) is 0 Å². The van der Waals surface area contributed by atoms with E-state index in [-0.39, 0.29) is 62.6 Å². The van der Waals surface area contributed by atoms with Crippen LogP contribution in [0.1, 0.15) is 51.4 Å². The summed E-state index contributed by atoms with van der Waals surface area (Å²) in [7, 11) is 0. The molecule has 0 radical (unpaired) electrons. The van der Waals surface area contributed by atoms with Gasteiger partial charge in [0.2, 0.25) is 0 Å². The lowest BCUT2D eigenvalue weighted by Gasteiger charge is -2.16. The summed E-state index contributed by atoms with van der Waals surface area (Å²) in [6.45, 7) is 0. The lowest BCUT2D eigenvalue weighted by atomic mass is 10.0. The van der Waals surface area contributed by atoms with Crippen molar-refractivity contribution in [3.8, 4) is 0 Å². The number of carboxylic acids is 2. The third kappa shape index (κ3) is 8.36. The van der Waals surface area contributed by atoms with E-state index in [1.807, 2.05) is 23.5 Å². The van der Waals surface area contributed by atoms with Gasteiger partial charge in [0.25, 0.3) is 0 Å². The fraction of sp³-hybridized carbons (Fsp3) is 0.800. The van der Waals surface area contributed by atoms with Crippen LogP contribution in [0.2, 0.25) is 0 Å². The quantitative estimate of drug-likeness (QED) is 0.187. The molecule has 6 N–H and O–H groups in total. The number of nitrogens with one attached hydrogen (secondary N) is 4. The van der Waals surface area contributed by atoms with Gasteiger partial charge in [-0.3, -0.25) is 9.59 Å². The summed E-state index contributed by atoms with van der Waals surface area (Å²) in [5.74, 6) is 0.473. The first-order valence-corrected chi connectivity index (χ1v) is 13.2. The van der Waals surface area contributed by atoms with E-state index in [2.05, 4.69) is 21.3 Å². The molecule has 0 aromatic rings. The summed E-state index contributed by atoms with van der Waals surface area (Å²) in [5, 5.41) is 29.6. The highest BCUT2D eigenvalue weighted by atomic mass is 32.2. The SMILES string of the molecule is O=C(O)CCCC[C@@H]1SC[C@@H]2NC(=O)N[C@@H]21.O=C(O)CCCC[C@@H]1SC[C@@H]2NC(=O)N[C@@H]21.S. The minimum atomic E-state index is -0.729. The van der Waals surface area contributed by atoms with E-state index < -0.39 is 11.9 Å². The van der Waals surface area contributed by atoms with Crippen molar-refractivity contribution in [2.45, 2.75) is 86.0 Å². The standard InChI is InChI=1S/2C10H16N2O3S.H2S/c2*13-8(14)4-2-1-3-7-9-6(5-16-7)11-10(15)12-9;/h2*6-7,9H,1-5H2,(H,13,14)(H2,11,12,15);1H2/t2*6-,7-,9-;/m00./s1. The topological polar surface area (TPSA) is 157 Å². The Morgan fingerprint density at radius 1 is 0.727 bits per heavy atom. The van der Waals surface area contributed by atoms with Crippen LogP contribution in [-0.2, 0) is 9.59 Å². The maximum atomic E-state index is 11.1. The molecule has 0 aromatic carbocycles. The fourth-order valence-corrected chi connectivity index (χ4v) is 7.62. The Bertz CT molecular complexity index is 657. The number of thioether (sulfide) groups is 2. The maximum Gasteiger partial charge on any atom is 0.315 e.